The summed E-state index contributed by atoms with van der Waals surface area (Å²) in [6.07, 6.45) is 3.31. The Kier molecular flexibility index (Phi) is 4.44. The molecule has 1 heterocycles. The van der Waals surface area contributed by atoms with E-state index in [1.165, 1.54) is 0 Å². The standard InChI is InChI=1S/C13H17ClN2O2/c14-12-4-3-9(15)8-11(12)13(17)16-6-5-10-2-1-7-18-10/h3-4,8,10H,1-2,5-7,15H2,(H,16,17). The number of carbonyl (C=O) groups excluding carboxylic acids is 1. The number of hydrogen-bond donors (Lipinski definition) is 2. The van der Waals surface area contributed by atoms with Crippen molar-refractivity contribution in [1.29, 1.82) is 0 Å². The Morgan fingerprint density at radius 1 is 1.56 bits per heavy atom. The van der Waals surface area contributed by atoms with Crippen LogP contribution in [-0.2, 0) is 4.74 Å². The normalized spacial score (nSPS) is 18.8. The number of carbonyl (C=O) groups is 1. The van der Waals surface area contributed by atoms with Crippen molar-refractivity contribution >= 4 is 23.2 Å². The lowest BCUT2D eigenvalue weighted by Gasteiger charge is -2.11. The summed E-state index contributed by atoms with van der Waals surface area (Å²) in [5.41, 5.74) is 6.59. The van der Waals surface area contributed by atoms with E-state index in [1.54, 1.807) is 18.2 Å². The first-order valence-electron chi connectivity index (χ1n) is 6.11. The number of rotatable bonds is 4. The van der Waals surface area contributed by atoms with E-state index in [-0.39, 0.29) is 12.0 Å². The molecule has 1 aromatic carbocycles. The Hall–Kier alpha value is -1.26. The molecular weight excluding hydrogens is 252 g/mol. The quantitative estimate of drug-likeness (QED) is 0.823. The van der Waals surface area contributed by atoms with Crippen LogP contribution in [0.5, 0.6) is 0 Å². The minimum atomic E-state index is -0.190. The van der Waals surface area contributed by atoms with Crippen molar-refractivity contribution in [3.05, 3.63) is 28.8 Å². The van der Waals surface area contributed by atoms with Crippen LogP contribution >= 0.6 is 11.6 Å². The van der Waals surface area contributed by atoms with Gasteiger partial charge in [0.2, 0.25) is 0 Å². The van der Waals surface area contributed by atoms with E-state index in [1.807, 2.05) is 0 Å². The lowest BCUT2D eigenvalue weighted by Crippen LogP contribution is -2.27. The van der Waals surface area contributed by atoms with Crippen LogP contribution in [-0.4, -0.2) is 25.2 Å². The fourth-order valence-electron chi connectivity index (χ4n) is 2.03. The minimum absolute atomic E-state index is 0.190. The summed E-state index contributed by atoms with van der Waals surface area (Å²) in [6.45, 7) is 1.42. The topological polar surface area (TPSA) is 64.4 Å². The van der Waals surface area contributed by atoms with Gasteiger partial charge in [-0.2, -0.15) is 0 Å². The van der Waals surface area contributed by atoms with Crippen molar-refractivity contribution < 1.29 is 9.53 Å². The molecular formula is C13H17ClN2O2. The second-order valence-corrected chi connectivity index (χ2v) is 4.83. The monoisotopic (exact) mass is 268 g/mol. The molecule has 5 heteroatoms. The smallest absolute Gasteiger partial charge is 0.252 e. The van der Waals surface area contributed by atoms with Gasteiger partial charge in [0.25, 0.3) is 5.91 Å². The first-order valence-corrected chi connectivity index (χ1v) is 6.49. The number of halogens is 1. The summed E-state index contributed by atoms with van der Waals surface area (Å²) >= 11 is 5.96. The fraction of sp³-hybridized carbons (Fsp3) is 0.462. The van der Waals surface area contributed by atoms with Gasteiger partial charge in [-0.05, 0) is 37.5 Å². The second kappa shape index (κ2) is 6.07. The first-order chi connectivity index (χ1) is 8.66. The lowest BCUT2D eigenvalue weighted by molar-refractivity contribution is 0.0907. The summed E-state index contributed by atoms with van der Waals surface area (Å²) in [5.74, 6) is -0.190. The molecule has 0 spiro atoms. The molecule has 2 rings (SSSR count). The molecule has 1 aromatic rings. The molecule has 1 atom stereocenters. The van der Waals surface area contributed by atoms with Gasteiger partial charge in [-0.25, -0.2) is 0 Å². The van der Waals surface area contributed by atoms with Gasteiger partial charge in [0, 0.05) is 18.8 Å². The zero-order valence-corrected chi connectivity index (χ0v) is 10.9. The summed E-state index contributed by atoms with van der Waals surface area (Å²) < 4.78 is 5.49. The van der Waals surface area contributed by atoms with E-state index in [2.05, 4.69) is 5.32 Å². The van der Waals surface area contributed by atoms with Gasteiger partial charge in [-0.3, -0.25) is 4.79 Å². The van der Waals surface area contributed by atoms with Crippen LogP contribution < -0.4 is 11.1 Å². The Balaban J connectivity index is 1.85. The average Bonchev–Trinajstić information content (AvgIpc) is 2.85. The average molecular weight is 269 g/mol. The van der Waals surface area contributed by atoms with E-state index in [0.717, 1.165) is 25.9 Å². The van der Waals surface area contributed by atoms with Gasteiger partial charge in [-0.15, -0.1) is 0 Å². The molecule has 1 amide bonds. The van der Waals surface area contributed by atoms with E-state index in [0.29, 0.717) is 22.8 Å². The molecule has 1 unspecified atom stereocenters. The van der Waals surface area contributed by atoms with Crippen molar-refractivity contribution in [1.82, 2.24) is 5.32 Å². The number of amides is 1. The van der Waals surface area contributed by atoms with Crippen LogP contribution in [0.4, 0.5) is 5.69 Å². The minimum Gasteiger partial charge on any atom is -0.399 e. The number of anilines is 1. The van der Waals surface area contributed by atoms with Crippen molar-refractivity contribution in [2.24, 2.45) is 0 Å². The lowest BCUT2D eigenvalue weighted by atomic mass is 10.1. The SMILES string of the molecule is Nc1ccc(Cl)c(C(=O)NCCC2CCCO2)c1. The largest absolute Gasteiger partial charge is 0.399 e. The Morgan fingerprint density at radius 3 is 3.11 bits per heavy atom. The zero-order valence-electron chi connectivity index (χ0n) is 10.1. The molecule has 18 heavy (non-hydrogen) atoms. The third-order valence-corrected chi connectivity index (χ3v) is 3.34. The maximum Gasteiger partial charge on any atom is 0.252 e. The maximum atomic E-state index is 11.9. The second-order valence-electron chi connectivity index (χ2n) is 4.42. The van der Waals surface area contributed by atoms with Crippen molar-refractivity contribution in [2.75, 3.05) is 18.9 Å². The highest BCUT2D eigenvalue weighted by atomic mass is 35.5. The third kappa shape index (κ3) is 3.37. The number of ether oxygens (including phenoxy) is 1. The fourth-order valence-corrected chi connectivity index (χ4v) is 2.23. The summed E-state index contributed by atoms with van der Waals surface area (Å²) in [7, 11) is 0. The number of nitrogens with two attached hydrogens (primary N) is 1. The summed E-state index contributed by atoms with van der Waals surface area (Å²) in [6, 6.07) is 4.89. The molecule has 1 aliphatic heterocycles. The number of benzene rings is 1. The molecule has 1 saturated heterocycles. The molecule has 98 valence electrons. The van der Waals surface area contributed by atoms with Crippen molar-refractivity contribution in [3.63, 3.8) is 0 Å². The third-order valence-electron chi connectivity index (χ3n) is 3.01. The molecule has 0 saturated carbocycles. The van der Waals surface area contributed by atoms with Gasteiger partial charge in [0.05, 0.1) is 16.7 Å². The van der Waals surface area contributed by atoms with Crippen molar-refractivity contribution in [3.8, 4) is 0 Å². The summed E-state index contributed by atoms with van der Waals surface area (Å²) in [4.78, 5) is 11.9. The highest BCUT2D eigenvalue weighted by Gasteiger charge is 2.16. The molecule has 1 aliphatic rings. The van der Waals surface area contributed by atoms with E-state index in [9.17, 15) is 4.79 Å². The summed E-state index contributed by atoms with van der Waals surface area (Å²) in [5, 5.41) is 3.25. The van der Waals surface area contributed by atoms with Gasteiger partial charge >= 0.3 is 0 Å². The van der Waals surface area contributed by atoms with Crippen LogP contribution in [0.15, 0.2) is 18.2 Å². The first kappa shape index (κ1) is 13.2. The van der Waals surface area contributed by atoms with Crippen LogP contribution in [0.25, 0.3) is 0 Å². The molecule has 0 radical (unpaired) electrons. The van der Waals surface area contributed by atoms with Crippen LogP contribution in [0.3, 0.4) is 0 Å². The predicted molar refractivity (Wildman–Crippen MR) is 71.8 cm³/mol. The van der Waals surface area contributed by atoms with Gasteiger partial charge in [-0.1, -0.05) is 11.6 Å². The molecule has 0 aliphatic carbocycles. The Bertz CT molecular complexity index is 431. The van der Waals surface area contributed by atoms with Crippen LogP contribution in [0.1, 0.15) is 29.6 Å². The van der Waals surface area contributed by atoms with E-state index in [4.69, 9.17) is 22.1 Å². The molecule has 3 N–H and O–H groups in total. The predicted octanol–water partition coefficient (Wildman–Crippen LogP) is 2.22. The van der Waals surface area contributed by atoms with Gasteiger partial charge in [0.1, 0.15) is 0 Å². The van der Waals surface area contributed by atoms with E-state index < -0.39 is 0 Å². The number of nitrogens with one attached hydrogen (secondary N) is 1. The molecule has 4 nitrogen and oxygen atoms in total. The molecule has 0 bridgehead atoms. The Labute approximate surface area is 111 Å². The van der Waals surface area contributed by atoms with Gasteiger partial charge < -0.3 is 15.8 Å². The number of hydrogen-bond acceptors (Lipinski definition) is 3. The number of nitrogen functional groups attached to an aromatic ring is 1. The highest BCUT2D eigenvalue weighted by Crippen LogP contribution is 2.19. The molecule has 1 fully saturated rings. The molecule has 0 aromatic heterocycles. The highest BCUT2D eigenvalue weighted by molar-refractivity contribution is 6.34. The maximum absolute atomic E-state index is 11.9. The van der Waals surface area contributed by atoms with E-state index >= 15 is 0 Å². The van der Waals surface area contributed by atoms with Crippen LogP contribution in [0, 0.1) is 0 Å². The van der Waals surface area contributed by atoms with Crippen molar-refractivity contribution in [2.45, 2.75) is 25.4 Å². The zero-order chi connectivity index (χ0) is 13.0. The van der Waals surface area contributed by atoms with Gasteiger partial charge in [0.15, 0.2) is 0 Å². The Morgan fingerprint density at radius 2 is 2.39 bits per heavy atom. The van der Waals surface area contributed by atoms with Crippen LogP contribution in [0.2, 0.25) is 5.02 Å².